The highest BCUT2D eigenvalue weighted by Crippen LogP contribution is 2.32. The number of hydrogen-bond donors (Lipinski definition) is 1. The number of carbonyl (C=O) groups is 1. The molecule has 26 heavy (non-hydrogen) atoms. The van der Waals surface area contributed by atoms with Gasteiger partial charge in [0.05, 0.1) is 9.82 Å². The maximum absolute atomic E-state index is 11.8. The van der Waals surface area contributed by atoms with Crippen molar-refractivity contribution >= 4 is 21.7 Å². The molecule has 2 aliphatic carbocycles. The first-order valence-electron chi connectivity index (χ1n) is 7.83. The van der Waals surface area contributed by atoms with Gasteiger partial charge in [-0.3, -0.25) is 14.9 Å². The molecule has 0 saturated carbocycles. The molecule has 0 spiro atoms. The molecule has 138 valence electrons. The van der Waals surface area contributed by atoms with E-state index in [0.717, 1.165) is 24.3 Å². The van der Waals surface area contributed by atoms with Gasteiger partial charge in [0.1, 0.15) is 6.61 Å². The third-order valence-electron chi connectivity index (χ3n) is 3.42. The van der Waals surface area contributed by atoms with E-state index in [4.69, 9.17) is 4.74 Å². The van der Waals surface area contributed by atoms with Gasteiger partial charge >= 0.3 is 5.97 Å². The first kappa shape index (κ1) is 19.5. The number of sulfonamides is 1. The molecule has 1 aromatic rings. The summed E-state index contributed by atoms with van der Waals surface area (Å²) in [6.07, 6.45) is 0.217. The van der Waals surface area contributed by atoms with E-state index in [1.165, 1.54) is 11.1 Å². The minimum Gasteiger partial charge on any atom is -0.464 e. The topological polar surface area (TPSA) is 116 Å². The van der Waals surface area contributed by atoms with Crippen LogP contribution in [0.15, 0.2) is 53.4 Å². The standard InChI is InChI=1S/C11H14N2O6S.C6H4/c1-2-11(14)19-8-7-12-20(17,18)10-5-3-9(4-6-10)13(15)16;1-2-5-4-6(5)3-1/h3-6,12H,2,7-8H2,1H3;1-4H. The van der Waals surface area contributed by atoms with Gasteiger partial charge in [0.2, 0.25) is 10.0 Å². The van der Waals surface area contributed by atoms with E-state index >= 15 is 0 Å². The number of nitrogens with one attached hydrogen (secondary N) is 1. The number of non-ortho nitro benzene ring substituents is 1. The number of nitro benzene ring substituents is 1. The summed E-state index contributed by atoms with van der Waals surface area (Å²) in [5, 5.41) is 10.5. The number of ether oxygens (including phenoxy) is 1. The Morgan fingerprint density at radius 1 is 1.15 bits per heavy atom. The molecule has 0 unspecified atom stereocenters. The highest BCUT2D eigenvalue weighted by molar-refractivity contribution is 7.89. The van der Waals surface area contributed by atoms with Crippen LogP contribution in [0, 0.1) is 10.1 Å². The SMILES string of the molecule is CCC(=O)OCCNS(=O)(=O)c1ccc([N+](=O)[O-])cc1.c1cc2cc-2c1. The fourth-order valence-electron chi connectivity index (χ4n) is 1.95. The van der Waals surface area contributed by atoms with Crippen LogP contribution in [0.3, 0.4) is 0 Å². The Morgan fingerprint density at radius 3 is 2.19 bits per heavy atom. The molecular formula is C17H18N2O6S. The Bertz CT molecular complexity index is 876. The maximum atomic E-state index is 11.8. The number of carbonyl (C=O) groups excluding carboxylic acids is 1. The van der Waals surface area contributed by atoms with Crippen molar-refractivity contribution in [1.82, 2.24) is 4.72 Å². The molecule has 0 atom stereocenters. The molecular weight excluding hydrogens is 360 g/mol. The van der Waals surface area contributed by atoms with Crippen LogP contribution >= 0.6 is 0 Å². The van der Waals surface area contributed by atoms with Gasteiger partial charge < -0.3 is 4.74 Å². The lowest BCUT2D eigenvalue weighted by Gasteiger charge is -2.07. The summed E-state index contributed by atoms with van der Waals surface area (Å²) in [6, 6.07) is 13.0. The molecule has 1 aromatic carbocycles. The predicted molar refractivity (Wildman–Crippen MR) is 95.0 cm³/mol. The Morgan fingerprint density at radius 2 is 1.77 bits per heavy atom. The number of fused-ring (bicyclic) bond motifs is 1. The minimum atomic E-state index is -3.77. The van der Waals surface area contributed by atoms with Crippen LogP contribution < -0.4 is 4.72 Å². The van der Waals surface area contributed by atoms with E-state index in [9.17, 15) is 23.3 Å². The smallest absolute Gasteiger partial charge is 0.305 e. The summed E-state index contributed by atoms with van der Waals surface area (Å²) >= 11 is 0. The predicted octanol–water partition coefficient (Wildman–Crippen LogP) is 2.49. The second-order valence-corrected chi connectivity index (χ2v) is 7.07. The molecule has 8 nitrogen and oxygen atoms in total. The normalized spacial score (nSPS) is 11.1. The van der Waals surface area contributed by atoms with Gasteiger partial charge in [-0.2, -0.15) is 0 Å². The zero-order valence-corrected chi connectivity index (χ0v) is 14.9. The molecule has 3 rings (SSSR count). The molecule has 0 radical (unpaired) electrons. The van der Waals surface area contributed by atoms with Crippen molar-refractivity contribution in [2.24, 2.45) is 0 Å². The van der Waals surface area contributed by atoms with Crippen molar-refractivity contribution in [2.45, 2.75) is 18.2 Å². The Balaban J connectivity index is 0.000000331. The van der Waals surface area contributed by atoms with Crippen molar-refractivity contribution in [3.63, 3.8) is 0 Å². The molecule has 0 fully saturated rings. The minimum absolute atomic E-state index is 0.0644. The lowest BCUT2D eigenvalue weighted by atomic mass is 10.3. The fourth-order valence-corrected chi connectivity index (χ4v) is 2.96. The third kappa shape index (κ3) is 5.64. The zero-order valence-electron chi connectivity index (χ0n) is 14.0. The van der Waals surface area contributed by atoms with Crippen LogP contribution in [0.2, 0.25) is 0 Å². The lowest BCUT2D eigenvalue weighted by Crippen LogP contribution is -2.28. The first-order chi connectivity index (χ1) is 12.3. The van der Waals surface area contributed by atoms with Crippen LogP contribution in [-0.4, -0.2) is 32.5 Å². The van der Waals surface area contributed by atoms with Gasteiger partial charge in [-0.05, 0) is 29.3 Å². The highest BCUT2D eigenvalue weighted by Gasteiger charge is 2.15. The van der Waals surface area contributed by atoms with Crippen molar-refractivity contribution in [3.05, 3.63) is 58.6 Å². The molecule has 1 N–H and O–H groups in total. The summed E-state index contributed by atoms with van der Waals surface area (Å²) in [6.45, 7) is 1.49. The molecule has 0 bridgehead atoms. The molecule has 0 aliphatic heterocycles. The van der Waals surface area contributed by atoms with Crippen LogP contribution in [0.25, 0.3) is 11.1 Å². The summed E-state index contributed by atoms with van der Waals surface area (Å²) < 4.78 is 30.6. The van der Waals surface area contributed by atoms with Gasteiger partial charge in [0, 0.05) is 25.1 Å². The van der Waals surface area contributed by atoms with Gasteiger partial charge in [-0.1, -0.05) is 25.1 Å². The van der Waals surface area contributed by atoms with E-state index in [0.29, 0.717) is 0 Å². The lowest BCUT2D eigenvalue weighted by molar-refractivity contribution is -0.384. The monoisotopic (exact) mass is 378 g/mol. The van der Waals surface area contributed by atoms with Gasteiger partial charge in [-0.15, -0.1) is 0 Å². The van der Waals surface area contributed by atoms with E-state index in [2.05, 4.69) is 29.0 Å². The van der Waals surface area contributed by atoms with E-state index in [1.807, 2.05) is 0 Å². The Hall–Kier alpha value is -2.78. The van der Waals surface area contributed by atoms with Crippen molar-refractivity contribution in [3.8, 4) is 11.1 Å². The van der Waals surface area contributed by atoms with Crippen LogP contribution in [0.5, 0.6) is 0 Å². The Kier molecular flexibility index (Phi) is 6.42. The van der Waals surface area contributed by atoms with Gasteiger partial charge in [0.25, 0.3) is 5.69 Å². The van der Waals surface area contributed by atoms with Crippen LogP contribution in [0.1, 0.15) is 13.3 Å². The first-order valence-corrected chi connectivity index (χ1v) is 9.32. The third-order valence-corrected chi connectivity index (χ3v) is 4.89. The average molecular weight is 378 g/mol. The number of rotatable bonds is 7. The second kappa shape index (κ2) is 8.54. The zero-order chi connectivity index (χ0) is 19.2. The molecule has 0 heterocycles. The number of hydrogen-bond acceptors (Lipinski definition) is 6. The van der Waals surface area contributed by atoms with Crippen molar-refractivity contribution in [2.75, 3.05) is 13.2 Å². The summed E-state index contributed by atoms with van der Waals surface area (Å²) in [7, 11) is -3.77. The van der Waals surface area contributed by atoms with Crippen molar-refractivity contribution in [1.29, 1.82) is 0 Å². The Labute approximate surface area is 151 Å². The number of benzene rings is 2. The molecule has 0 saturated heterocycles. The van der Waals surface area contributed by atoms with Gasteiger partial charge in [-0.25, -0.2) is 13.1 Å². The quantitative estimate of drug-likeness (QED) is 0.292. The average Bonchev–Trinajstić information content (AvgIpc) is 3.24. The maximum Gasteiger partial charge on any atom is 0.305 e. The van der Waals surface area contributed by atoms with E-state index in [-0.39, 0.29) is 30.2 Å². The van der Waals surface area contributed by atoms with E-state index in [1.54, 1.807) is 6.92 Å². The summed E-state index contributed by atoms with van der Waals surface area (Å²) in [4.78, 5) is 20.6. The second-order valence-electron chi connectivity index (χ2n) is 5.30. The fraction of sp³-hybridized carbons (Fsp3) is 0.235. The molecule has 2 aliphatic rings. The molecule has 0 aromatic heterocycles. The molecule has 9 heteroatoms. The highest BCUT2D eigenvalue weighted by atomic mass is 32.2. The van der Waals surface area contributed by atoms with E-state index < -0.39 is 20.9 Å². The van der Waals surface area contributed by atoms with Gasteiger partial charge in [0.15, 0.2) is 0 Å². The number of nitrogens with zero attached hydrogens (tertiary/aromatic N) is 1. The van der Waals surface area contributed by atoms with Crippen LogP contribution in [0.4, 0.5) is 5.69 Å². The molecule has 0 amide bonds. The van der Waals surface area contributed by atoms with Crippen LogP contribution in [-0.2, 0) is 19.6 Å². The summed E-state index contributed by atoms with van der Waals surface area (Å²) in [5.41, 5.74) is 2.66. The van der Waals surface area contributed by atoms with Crippen molar-refractivity contribution < 1.29 is 22.9 Å². The number of nitro groups is 1. The largest absolute Gasteiger partial charge is 0.464 e. The number of esters is 1. The summed E-state index contributed by atoms with van der Waals surface area (Å²) in [5.74, 6) is -0.417.